The van der Waals surface area contributed by atoms with Crippen molar-refractivity contribution in [3.63, 3.8) is 0 Å². The summed E-state index contributed by atoms with van der Waals surface area (Å²) in [5.74, 6) is -0.362. The van der Waals surface area contributed by atoms with Crippen LogP contribution >= 0.6 is 11.8 Å². The summed E-state index contributed by atoms with van der Waals surface area (Å²) in [6, 6.07) is 17.4. The van der Waals surface area contributed by atoms with E-state index in [0.717, 1.165) is 17.0 Å². The molecule has 172 valence electrons. The van der Waals surface area contributed by atoms with E-state index in [0.29, 0.717) is 27.4 Å². The van der Waals surface area contributed by atoms with Gasteiger partial charge < -0.3 is 4.57 Å². The largest absolute Gasteiger partial charge is 0.311 e. The molecule has 2 N–H and O–H groups in total. The Morgan fingerprint density at radius 2 is 1.56 bits per heavy atom. The Morgan fingerprint density at radius 3 is 2.26 bits per heavy atom. The molecule has 0 aliphatic carbocycles. The van der Waals surface area contributed by atoms with Crippen molar-refractivity contribution in [2.45, 2.75) is 24.8 Å². The van der Waals surface area contributed by atoms with Crippen molar-refractivity contribution in [2.75, 3.05) is 0 Å². The van der Waals surface area contributed by atoms with E-state index in [2.05, 4.69) is 20.8 Å². The van der Waals surface area contributed by atoms with Crippen LogP contribution in [0.25, 0.3) is 10.9 Å². The van der Waals surface area contributed by atoms with Gasteiger partial charge in [0.05, 0.1) is 11.1 Å². The van der Waals surface area contributed by atoms with Gasteiger partial charge in [0.25, 0.3) is 17.4 Å². The number of aromatic nitrogens is 3. The third kappa shape index (κ3) is 5.15. The van der Waals surface area contributed by atoms with E-state index >= 15 is 0 Å². The average Bonchev–Trinajstić information content (AvgIpc) is 2.83. The first kappa shape index (κ1) is 23.2. The maximum absolute atomic E-state index is 12.7. The summed E-state index contributed by atoms with van der Waals surface area (Å²) in [7, 11) is 1.64. The van der Waals surface area contributed by atoms with Gasteiger partial charge in [-0.3, -0.25) is 25.2 Å². The number of nitrogens with zero attached hydrogens (tertiary/aromatic N) is 3. The minimum absolute atomic E-state index is 0.194. The van der Waals surface area contributed by atoms with Crippen molar-refractivity contribution in [3.05, 3.63) is 99.1 Å². The number of amides is 2. The van der Waals surface area contributed by atoms with Crippen molar-refractivity contribution in [3.8, 4) is 0 Å². The number of thioether (sulfide) groups is 1. The first-order chi connectivity index (χ1) is 16.3. The van der Waals surface area contributed by atoms with E-state index in [1.54, 1.807) is 43.4 Å². The molecule has 0 saturated heterocycles. The van der Waals surface area contributed by atoms with Crippen LogP contribution in [0.5, 0.6) is 0 Å². The number of fused-ring (bicyclic) bond motifs is 1. The van der Waals surface area contributed by atoms with Crippen LogP contribution in [0.4, 0.5) is 0 Å². The quantitative estimate of drug-likeness (QED) is 0.262. The van der Waals surface area contributed by atoms with Gasteiger partial charge in [-0.1, -0.05) is 42.1 Å². The zero-order valence-corrected chi connectivity index (χ0v) is 19.8. The molecule has 0 bridgehead atoms. The second-order valence-electron chi connectivity index (χ2n) is 7.80. The molecule has 0 unspecified atom stereocenters. The topological polar surface area (TPSA) is 106 Å². The molecule has 9 heteroatoms. The highest BCUT2D eigenvalue weighted by atomic mass is 32.2. The number of hydrazine groups is 1. The van der Waals surface area contributed by atoms with Crippen LogP contribution in [0.2, 0.25) is 0 Å². The lowest BCUT2D eigenvalue weighted by atomic mass is 10.1. The molecule has 4 aromatic rings. The second-order valence-corrected chi connectivity index (χ2v) is 8.74. The van der Waals surface area contributed by atoms with Crippen LogP contribution < -0.4 is 16.4 Å². The van der Waals surface area contributed by atoms with Crippen molar-refractivity contribution < 1.29 is 9.59 Å². The van der Waals surface area contributed by atoms with Gasteiger partial charge in [-0.05, 0) is 43.7 Å². The lowest BCUT2D eigenvalue weighted by Crippen LogP contribution is -2.42. The summed E-state index contributed by atoms with van der Waals surface area (Å²) < 4.78 is 1.47. The normalized spacial score (nSPS) is 10.8. The molecule has 0 spiro atoms. The van der Waals surface area contributed by atoms with Crippen LogP contribution in [0.15, 0.2) is 70.6 Å². The Kier molecular flexibility index (Phi) is 6.74. The predicted molar refractivity (Wildman–Crippen MR) is 132 cm³/mol. The van der Waals surface area contributed by atoms with E-state index in [1.807, 2.05) is 32.0 Å². The number of aryl methyl sites for hydroxylation is 3. The third-order valence-electron chi connectivity index (χ3n) is 5.23. The second kappa shape index (κ2) is 9.88. The Bertz CT molecular complexity index is 1430. The van der Waals surface area contributed by atoms with E-state index < -0.39 is 11.8 Å². The molecule has 2 aromatic carbocycles. The van der Waals surface area contributed by atoms with E-state index in [4.69, 9.17) is 0 Å². The highest BCUT2D eigenvalue weighted by Crippen LogP contribution is 2.20. The predicted octanol–water partition coefficient (Wildman–Crippen LogP) is 3.31. The van der Waals surface area contributed by atoms with E-state index in [9.17, 15) is 14.4 Å². The summed E-state index contributed by atoms with van der Waals surface area (Å²) in [4.78, 5) is 46.3. The number of nitrogens with one attached hydrogen (secondary N) is 2. The molecular formula is C25H23N5O3S. The molecule has 0 atom stereocenters. The molecule has 0 radical (unpaired) electrons. The van der Waals surface area contributed by atoms with Gasteiger partial charge in [0, 0.05) is 41.2 Å². The number of rotatable bonds is 5. The van der Waals surface area contributed by atoms with Gasteiger partial charge in [0.15, 0.2) is 5.16 Å². The third-order valence-corrected chi connectivity index (χ3v) is 6.15. The fourth-order valence-corrected chi connectivity index (χ4v) is 4.42. The number of pyridine rings is 1. The first-order valence-electron chi connectivity index (χ1n) is 10.6. The number of carbonyl (C=O) groups excluding carboxylic acids is 2. The van der Waals surface area contributed by atoms with Crippen molar-refractivity contribution in [2.24, 2.45) is 7.05 Å². The summed E-state index contributed by atoms with van der Waals surface area (Å²) in [5, 5.41) is 1.33. The van der Waals surface area contributed by atoms with Crippen LogP contribution in [0, 0.1) is 13.8 Å². The Labute approximate surface area is 200 Å². The summed E-state index contributed by atoms with van der Waals surface area (Å²) in [6.07, 6.45) is 0. The molecule has 0 fully saturated rings. The van der Waals surface area contributed by atoms with Crippen LogP contribution in [-0.2, 0) is 12.8 Å². The van der Waals surface area contributed by atoms with Gasteiger partial charge in [-0.15, -0.1) is 0 Å². The van der Waals surface area contributed by atoms with Crippen LogP contribution in [0.1, 0.15) is 37.7 Å². The van der Waals surface area contributed by atoms with E-state index in [1.165, 1.54) is 22.4 Å². The van der Waals surface area contributed by atoms with Crippen LogP contribution in [0.3, 0.4) is 0 Å². The van der Waals surface area contributed by atoms with Gasteiger partial charge >= 0.3 is 0 Å². The fraction of sp³-hybridized carbons (Fsp3) is 0.160. The Balaban J connectivity index is 1.39. The monoisotopic (exact) mass is 473 g/mol. The van der Waals surface area contributed by atoms with E-state index in [-0.39, 0.29) is 11.1 Å². The minimum Gasteiger partial charge on any atom is -0.311 e. The Morgan fingerprint density at radius 1 is 0.912 bits per heavy atom. The summed E-state index contributed by atoms with van der Waals surface area (Å²) >= 11 is 1.52. The molecule has 2 heterocycles. The average molecular weight is 474 g/mol. The Hall–Kier alpha value is -3.98. The van der Waals surface area contributed by atoms with Crippen molar-refractivity contribution in [1.29, 1.82) is 0 Å². The molecule has 4 rings (SSSR count). The fourth-order valence-electron chi connectivity index (χ4n) is 3.51. The molecule has 2 aromatic heterocycles. The lowest BCUT2D eigenvalue weighted by Gasteiger charge is -2.11. The van der Waals surface area contributed by atoms with Crippen molar-refractivity contribution in [1.82, 2.24) is 25.4 Å². The molecule has 8 nitrogen and oxygen atoms in total. The number of hydrogen-bond acceptors (Lipinski definition) is 6. The molecule has 2 amide bonds. The highest BCUT2D eigenvalue weighted by Gasteiger charge is 2.15. The number of hydrogen-bond donors (Lipinski definition) is 2. The number of benzene rings is 2. The van der Waals surface area contributed by atoms with Crippen LogP contribution in [-0.4, -0.2) is 26.3 Å². The summed E-state index contributed by atoms with van der Waals surface area (Å²) in [6.45, 7) is 3.87. The summed E-state index contributed by atoms with van der Waals surface area (Å²) in [5.41, 5.74) is 8.58. The SMILES string of the molecule is Cc1cc(C)nc(SCc2ccc(C(=O)NNC(=O)c3cc(=O)n(C)c4ccccc34)cc2)n1. The molecule has 0 aliphatic heterocycles. The molecule has 0 aliphatic rings. The maximum Gasteiger partial charge on any atom is 0.270 e. The van der Waals surface area contributed by atoms with Gasteiger partial charge in [-0.2, -0.15) is 0 Å². The van der Waals surface area contributed by atoms with Gasteiger partial charge in [0.1, 0.15) is 0 Å². The first-order valence-corrected chi connectivity index (χ1v) is 11.5. The zero-order chi connectivity index (χ0) is 24.2. The minimum atomic E-state index is -0.566. The lowest BCUT2D eigenvalue weighted by molar-refractivity contribution is 0.0847. The maximum atomic E-state index is 12.7. The standard InChI is InChI=1S/C25H23N5O3S/c1-15-12-16(2)27-25(26-15)34-14-17-8-10-18(11-9-17)23(32)28-29-24(33)20-13-22(31)30(3)21-7-5-4-6-19(20)21/h4-13H,14H2,1-3H3,(H,28,32)(H,29,33). The number of para-hydroxylation sites is 1. The molecule has 34 heavy (non-hydrogen) atoms. The molecular weight excluding hydrogens is 450 g/mol. The van der Waals surface area contributed by atoms with Gasteiger partial charge in [-0.25, -0.2) is 9.97 Å². The van der Waals surface area contributed by atoms with Crippen molar-refractivity contribution >= 4 is 34.5 Å². The highest BCUT2D eigenvalue weighted by molar-refractivity contribution is 7.98. The molecule has 0 saturated carbocycles. The zero-order valence-electron chi connectivity index (χ0n) is 19.0. The van der Waals surface area contributed by atoms with Gasteiger partial charge in [0.2, 0.25) is 0 Å². The smallest absolute Gasteiger partial charge is 0.270 e. The number of carbonyl (C=O) groups is 2.